The number of amides is 1. The number of hydrogen-bond acceptors (Lipinski definition) is 4. The third-order valence-electron chi connectivity index (χ3n) is 2.69. The van der Waals surface area contributed by atoms with E-state index in [4.69, 9.17) is 9.15 Å². The summed E-state index contributed by atoms with van der Waals surface area (Å²) in [5.41, 5.74) is 2.68. The van der Waals surface area contributed by atoms with Crippen molar-refractivity contribution >= 4 is 17.3 Å². The molecule has 5 heteroatoms. The van der Waals surface area contributed by atoms with Crippen LogP contribution in [0.25, 0.3) is 0 Å². The SMILES string of the molecule is O=C1COc2ccc(NCc3ccoc3)cc2N1. The van der Waals surface area contributed by atoms with Gasteiger partial charge >= 0.3 is 0 Å². The monoisotopic (exact) mass is 244 g/mol. The number of fused-ring (bicyclic) bond motifs is 1. The van der Waals surface area contributed by atoms with Crippen molar-refractivity contribution in [2.24, 2.45) is 0 Å². The van der Waals surface area contributed by atoms with E-state index >= 15 is 0 Å². The van der Waals surface area contributed by atoms with Crippen LogP contribution in [0.15, 0.2) is 41.2 Å². The molecular weight excluding hydrogens is 232 g/mol. The summed E-state index contributed by atoms with van der Waals surface area (Å²) in [4.78, 5) is 11.2. The van der Waals surface area contributed by atoms with Crippen LogP contribution in [0.5, 0.6) is 5.75 Å². The third kappa shape index (κ3) is 2.15. The highest BCUT2D eigenvalue weighted by Crippen LogP contribution is 2.30. The van der Waals surface area contributed by atoms with Crippen molar-refractivity contribution in [1.29, 1.82) is 0 Å². The van der Waals surface area contributed by atoms with Gasteiger partial charge < -0.3 is 19.8 Å². The molecule has 0 radical (unpaired) electrons. The van der Waals surface area contributed by atoms with Crippen LogP contribution < -0.4 is 15.4 Å². The molecule has 1 aromatic heterocycles. The minimum atomic E-state index is -0.130. The fraction of sp³-hybridized carbons (Fsp3) is 0.154. The second-order valence-electron chi connectivity index (χ2n) is 4.03. The highest BCUT2D eigenvalue weighted by molar-refractivity contribution is 5.95. The minimum absolute atomic E-state index is 0.0782. The normalized spacial score (nSPS) is 13.4. The quantitative estimate of drug-likeness (QED) is 0.869. The van der Waals surface area contributed by atoms with E-state index < -0.39 is 0 Å². The molecule has 0 saturated heterocycles. The van der Waals surface area contributed by atoms with E-state index in [1.165, 1.54) is 0 Å². The lowest BCUT2D eigenvalue weighted by Crippen LogP contribution is -2.25. The van der Waals surface area contributed by atoms with E-state index in [2.05, 4.69) is 10.6 Å². The van der Waals surface area contributed by atoms with E-state index in [0.29, 0.717) is 18.0 Å². The van der Waals surface area contributed by atoms with Gasteiger partial charge in [0.25, 0.3) is 5.91 Å². The Morgan fingerprint density at radius 2 is 2.28 bits per heavy atom. The molecule has 1 aromatic carbocycles. The van der Waals surface area contributed by atoms with Gasteiger partial charge in [0.2, 0.25) is 0 Å². The van der Waals surface area contributed by atoms with Gasteiger partial charge in [-0.25, -0.2) is 0 Å². The van der Waals surface area contributed by atoms with Gasteiger partial charge in [0.1, 0.15) is 5.75 Å². The maximum atomic E-state index is 11.2. The van der Waals surface area contributed by atoms with Crippen molar-refractivity contribution in [3.05, 3.63) is 42.4 Å². The summed E-state index contributed by atoms with van der Waals surface area (Å²) in [5, 5.41) is 6.02. The topological polar surface area (TPSA) is 63.5 Å². The molecule has 1 aliphatic rings. The fourth-order valence-corrected chi connectivity index (χ4v) is 1.79. The summed E-state index contributed by atoms with van der Waals surface area (Å²) in [6.45, 7) is 0.749. The number of hydrogen-bond donors (Lipinski definition) is 2. The first-order valence-corrected chi connectivity index (χ1v) is 5.63. The van der Waals surface area contributed by atoms with E-state index in [9.17, 15) is 4.79 Å². The van der Waals surface area contributed by atoms with Crippen molar-refractivity contribution in [1.82, 2.24) is 0 Å². The fourth-order valence-electron chi connectivity index (χ4n) is 1.79. The Balaban J connectivity index is 1.73. The smallest absolute Gasteiger partial charge is 0.262 e. The molecule has 1 aliphatic heterocycles. The van der Waals surface area contributed by atoms with Gasteiger partial charge in [0, 0.05) is 17.8 Å². The molecule has 92 valence electrons. The maximum Gasteiger partial charge on any atom is 0.262 e. The number of furan rings is 1. The van der Waals surface area contributed by atoms with Crippen molar-refractivity contribution in [2.45, 2.75) is 6.54 Å². The van der Waals surface area contributed by atoms with Gasteiger partial charge in [-0.05, 0) is 24.3 Å². The predicted molar refractivity (Wildman–Crippen MR) is 66.6 cm³/mol. The van der Waals surface area contributed by atoms with Crippen LogP contribution in [0.4, 0.5) is 11.4 Å². The molecule has 0 unspecified atom stereocenters. The molecule has 0 bridgehead atoms. The van der Waals surface area contributed by atoms with E-state index in [0.717, 1.165) is 11.3 Å². The first-order valence-electron chi connectivity index (χ1n) is 5.63. The number of rotatable bonds is 3. The molecule has 3 rings (SSSR count). The lowest BCUT2D eigenvalue weighted by Gasteiger charge is -2.18. The summed E-state index contributed by atoms with van der Waals surface area (Å²) >= 11 is 0. The number of ether oxygens (including phenoxy) is 1. The van der Waals surface area contributed by atoms with E-state index in [-0.39, 0.29) is 12.5 Å². The third-order valence-corrected chi connectivity index (χ3v) is 2.69. The number of carbonyl (C=O) groups excluding carboxylic acids is 1. The minimum Gasteiger partial charge on any atom is -0.482 e. The molecule has 18 heavy (non-hydrogen) atoms. The van der Waals surface area contributed by atoms with Gasteiger partial charge in [-0.2, -0.15) is 0 Å². The second kappa shape index (κ2) is 4.44. The van der Waals surface area contributed by atoms with Gasteiger partial charge in [-0.1, -0.05) is 0 Å². The summed E-state index contributed by atoms with van der Waals surface area (Å²) in [6, 6.07) is 7.51. The molecule has 2 N–H and O–H groups in total. The van der Waals surface area contributed by atoms with E-state index in [1.807, 2.05) is 24.3 Å². The van der Waals surface area contributed by atoms with Crippen molar-refractivity contribution in [3.8, 4) is 5.75 Å². The van der Waals surface area contributed by atoms with E-state index in [1.54, 1.807) is 12.5 Å². The molecule has 2 aromatic rings. The first kappa shape index (κ1) is 10.7. The van der Waals surface area contributed by atoms with Gasteiger partial charge in [0.15, 0.2) is 6.61 Å². The number of carbonyl (C=O) groups is 1. The summed E-state index contributed by atoms with van der Waals surface area (Å²) < 4.78 is 10.3. The molecule has 1 amide bonds. The molecule has 0 spiro atoms. The predicted octanol–water partition coefficient (Wildman–Crippen LogP) is 2.22. The summed E-state index contributed by atoms with van der Waals surface area (Å²) in [6.07, 6.45) is 3.33. The Bertz CT molecular complexity index is 564. The van der Waals surface area contributed by atoms with Gasteiger partial charge in [-0.3, -0.25) is 4.79 Å². The van der Waals surface area contributed by atoms with Crippen LogP contribution in [0.3, 0.4) is 0 Å². The Morgan fingerprint density at radius 1 is 1.33 bits per heavy atom. The molecule has 0 saturated carbocycles. The lowest BCUT2D eigenvalue weighted by molar-refractivity contribution is -0.118. The number of benzene rings is 1. The van der Waals surface area contributed by atoms with Crippen LogP contribution in [-0.2, 0) is 11.3 Å². The second-order valence-corrected chi connectivity index (χ2v) is 4.03. The highest BCUT2D eigenvalue weighted by Gasteiger charge is 2.15. The summed E-state index contributed by atoms with van der Waals surface area (Å²) in [5.74, 6) is 0.568. The first-order chi connectivity index (χ1) is 8.81. The average molecular weight is 244 g/mol. The zero-order valence-electron chi connectivity index (χ0n) is 9.60. The van der Waals surface area contributed by atoms with Gasteiger partial charge in [-0.15, -0.1) is 0 Å². The molecule has 0 atom stereocenters. The summed E-state index contributed by atoms with van der Waals surface area (Å²) in [7, 11) is 0. The molecule has 0 aliphatic carbocycles. The lowest BCUT2D eigenvalue weighted by atomic mass is 10.2. The Labute approximate surface area is 104 Å². The Hall–Kier alpha value is -2.43. The average Bonchev–Trinajstić information content (AvgIpc) is 2.89. The molecular formula is C13H12N2O3. The van der Waals surface area contributed by atoms with Crippen molar-refractivity contribution in [3.63, 3.8) is 0 Å². The zero-order valence-corrected chi connectivity index (χ0v) is 9.60. The van der Waals surface area contributed by atoms with Crippen LogP contribution in [0.2, 0.25) is 0 Å². The van der Waals surface area contributed by atoms with Crippen molar-refractivity contribution in [2.75, 3.05) is 17.2 Å². The standard InChI is InChI=1S/C13H12N2O3/c16-13-8-18-12-2-1-10(5-11(12)15-13)14-6-9-3-4-17-7-9/h1-5,7,14H,6,8H2,(H,15,16). The molecule has 2 heterocycles. The Kier molecular flexibility index (Phi) is 2.64. The van der Waals surface area contributed by atoms with Gasteiger partial charge in [0.05, 0.1) is 18.2 Å². The molecule has 5 nitrogen and oxygen atoms in total. The molecule has 0 fully saturated rings. The highest BCUT2D eigenvalue weighted by atomic mass is 16.5. The Morgan fingerprint density at radius 3 is 3.11 bits per heavy atom. The van der Waals surface area contributed by atoms with Crippen LogP contribution >= 0.6 is 0 Å². The van der Waals surface area contributed by atoms with Crippen LogP contribution in [0.1, 0.15) is 5.56 Å². The largest absolute Gasteiger partial charge is 0.482 e. The van der Waals surface area contributed by atoms with Crippen LogP contribution in [0, 0.1) is 0 Å². The number of anilines is 2. The zero-order chi connectivity index (χ0) is 12.4. The van der Waals surface area contributed by atoms with Crippen LogP contribution in [-0.4, -0.2) is 12.5 Å². The van der Waals surface area contributed by atoms with Crippen molar-refractivity contribution < 1.29 is 13.9 Å². The maximum absolute atomic E-state index is 11.2. The number of nitrogens with one attached hydrogen (secondary N) is 2.